The SMILES string of the molecule is COc1ccc(NC(=S)N[C@@H]2[C@H]3OC(C)(C)O[C@H]3O[C@@H]2[C@H](O)CO)cc1. The third-order valence-corrected chi connectivity index (χ3v) is 4.52. The molecule has 2 aliphatic heterocycles. The molecule has 0 bridgehead atoms. The molecule has 2 fully saturated rings. The maximum Gasteiger partial charge on any atom is 0.189 e. The van der Waals surface area contributed by atoms with E-state index < -0.39 is 43.0 Å². The van der Waals surface area contributed by atoms with Gasteiger partial charge in [0, 0.05) is 5.69 Å². The fraction of sp³-hybridized carbons (Fsp3) is 0.588. The standard InChI is InChI=1S/C17H24N2O6S/c1-17(2)24-14-12(13(11(21)8-20)23-15(14)25-17)19-16(26)18-9-4-6-10(22-3)7-5-9/h4-7,11-15,20-21H,8H2,1-3H3,(H2,18,19,26)/t11-,12+,13-,14-,15-/m1/s1. The van der Waals surface area contributed by atoms with Gasteiger partial charge in [0.2, 0.25) is 0 Å². The summed E-state index contributed by atoms with van der Waals surface area (Å²) >= 11 is 5.38. The van der Waals surface area contributed by atoms with Crippen molar-refractivity contribution in [2.24, 2.45) is 0 Å². The Morgan fingerprint density at radius 3 is 2.62 bits per heavy atom. The molecule has 2 heterocycles. The summed E-state index contributed by atoms with van der Waals surface area (Å²) < 4.78 is 22.5. The summed E-state index contributed by atoms with van der Waals surface area (Å²) in [4.78, 5) is 0. The summed E-state index contributed by atoms with van der Waals surface area (Å²) in [5.74, 6) is -0.0542. The number of methoxy groups -OCH3 is 1. The lowest BCUT2D eigenvalue weighted by Gasteiger charge is -2.29. The van der Waals surface area contributed by atoms with Crippen LogP contribution in [0.3, 0.4) is 0 Å². The molecule has 26 heavy (non-hydrogen) atoms. The Labute approximate surface area is 157 Å². The first-order valence-corrected chi connectivity index (χ1v) is 8.75. The highest BCUT2D eigenvalue weighted by molar-refractivity contribution is 7.80. The highest BCUT2D eigenvalue weighted by Gasteiger charge is 2.56. The monoisotopic (exact) mass is 384 g/mol. The Morgan fingerprint density at radius 2 is 2.00 bits per heavy atom. The maximum absolute atomic E-state index is 10.1. The Morgan fingerprint density at radius 1 is 1.31 bits per heavy atom. The van der Waals surface area contributed by atoms with Crippen molar-refractivity contribution in [2.75, 3.05) is 19.0 Å². The van der Waals surface area contributed by atoms with E-state index in [0.717, 1.165) is 11.4 Å². The molecule has 0 saturated carbocycles. The normalized spacial score (nSPS) is 30.5. The zero-order valence-corrected chi connectivity index (χ0v) is 15.7. The van der Waals surface area contributed by atoms with E-state index in [1.807, 2.05) is 24.3 Å². The van der Waals surface area contributed by atoms with Gasteiger partial charge in [0.15, 0.2) is 17.2 Å². The van der Waals surface area contributed by atoms with Gasteiger partial charge in [-0.05, 0) is 50.3 Å². The van der Waals surface area contributed by atoms with Crippen LogP contribution in [0.1, 0.15) is 13.8 Å². The third-order valence-electron chi connectivity index (χ3n) is 4.30. The molecule has 3 rings (SSSR count). The molecule has 144 valence electrons. The van der Waals surface area contributed by atoms with Gasteiger partial charge in [0.05, 0.1) is 19.8 Å². The fourth-order valence-corrected chi connectivity index (χ4v) is 3.38. The minimum Gasteiger partial charge on any atom is -0.497 e. The number of fused-ring (bicyclic) bond motifs is 1. The zero-order valence-electron chi connectivity index (χ0n) is 14.8. The van der Waals surface area contributed by atoms with Crippen molar-refractivity contribution in [2.45, 2.75) is 50.3 Å². The number of ether oxygens (including phenoxy) is 4. The van der Waals surface area contributed by atoms with E-state index in [1.165, 1.54) is 0 Å². The van der Waals surface area contributed by atoms with Crippen molar-refractivity contribution in [3.8, 4) is 5.75 Å². The van der Waals surface area contributed by atoms with Gasteiger partial charge >= 0.3 is 0 Å². The van der Waals surface area contributed by atoms with Crippen LogP contribution in [-0.4, -0.2) is 65.5 Å². The highest BCUT2D eigenvalue weighted by Crippen LogP contribution is 2.38. The van der Waals surface area contributed by atoms with E-state index in [0.29, 0.717) is 5.11 Å². The molecule has 0 radical (unpaired) electrons. The summed E-state index contributed by atoms with van der Waals surface area (Å²) in [7, 11) is 1.60. The fourth-order valence-electron chi connectivity index (χ4n) is 3.12. The van der Waals surface area contributed by atoms with Crippen LogP contribution in [0.25, 0.3) is 0 Å². The van der Waals surface area contributed by atoms with Crippen molar-refractivity contribution in [1.29, 1.82) is 0 Å². The molecule has 1 aromatic carbocycles. The second-order valence-corrected chi connectivity index (χ2v) is 7.08. The Hall–Kier alpha value is -1.49. The van der Waals surface area contributed by atoms with Crippen molar-refractivity contribution >= 4 is 23.0 Å². The average Bonchev–Trinajstić information content (AvgIpc) is 3.07. The number of hydrogen-bond donors (Lipinski definition) is 4. The van der Waals surface area contributed by atoms with Gasteiger partial charge in [-0.3, -0.25) is 0 Å². The second-order valence-electron chi connectivity index (χ2n) is 6.67. The Kier molecular flexibility index (Phi) is 5.66. The van der Waals surface area contributed by atoms with E-state index in [2.05, 4.69) is 10.6 Å². The van der Waals surface area contributed by atoms with Crippen molar-refractivity contribution in [3.63, 3.8) is 0 Å². The molecule has 0 spiro atoms. The predicted octanol–water partition coefficient (Wildman–Crippen LogP) is 0.580. The highest BCUT2D eigenvalue weighted by atomic mass is 32.1. The van der Waals surface area contributed by atoms with Crippen LogP contribution in [-0.2, 0) is 14.2 Å². The summed E-state index contributed by atoms with van der Waals surface area (Å²) in [6, 6.07) is 6.81. The second kappa shape index (κ2) is 7.63. The van der Waals surface area contributed by atoms with Gasteiger partial charge in [-0.1, -0.05) is 0 Å². The first-order chi connectivity index (χ1) is 12.3. The number of hydrogen-bond acceptors (Lipinski definition) is 7. The minimum atomic E-state index is -1.09. The van der Waals surface area contributed by atoms with E-state index in [9.17, 15) is 10.2 Å². The first-order valence-electron chi connectivity index (χ1n) is 8.34. The molecule has 0 aromatic heterocycles. The van der Waals surface area contributed by atoms with E-state index in [-0.39, 0.29) is 0 Å². The van der Waals surface area contributed by atoms with Crippen molar-refractivity contribution in [1.82, 2.24) is 5.32 Å². The molecule has 2 saturated heterocycles. The number of anilines is 1. The van der Waals surface area contributed by atoms with E-state index in [1.54, 1.807) is 21.0 Å². The molecular weight excluding hydrogens is 360 g/mol. The van der Waals surface area contributed by atoms with Crippen LogP contribution in [0.5, 0.6) is 5.75 Å². The summed E-state index contributed by atoms with van der Waals surface area (Å²) in [6.07, 6.45) is -2.91. The minimum absolute atomic E-state index is 0.341. The van der Waals surface area contributed by atoms with Gasteiger partial charge in [-0.15, -0.1) is 0 Å². The molecule has 2 aliphatic rings. The van der Waals surface area contributed by atoms with Crippen molar-refractivity contribution < 1.29 is 29.2 Å². The van der Waals surface area contributed by atoms with Gasteiger partial charge < -0.3 is 39.8 Å². The van der Waals surface area contributed by atoms with Gasteiger partial charge in [0.1, 0.15) is 24.1 Å². The summed E-state index contributed by atoms with van der Waals surface area (Å²) in [5.41, 5.74) is 0.780. The van der Waals surface area contributed by atoms with E-state index in [4.69, 9.17) is 31.2 Å². The van der Waals surface area contributed by atoms with Crippen LogP contribution in [0, 0.1) is 0 Å². The van der Waals surface area contributed by atoms with Gasteiger partial charge in [-0.2, -0.15) is 0 Å². The Bertz CT molecular complexity index is 641. The zero-order chi connectivity index (χ0) is 18.9. The molecule has 9 heteroatoms. The maximum atomic E-state index is 10.1. The topological polar surface area (TPSA) is 101 Å². The van der Waals surface area contributed by atoms with Crippen LogP contribution in [0.2, 0.25) is 0 Å². The molecule has 8 nitrogen and oxygen atoms in total. The van der Waals surface area contributed by atoms with Crippen LogP contribution in [0.4, 0.5) is 5.69 Å². The van der Waals surface area contributed by atoms with Gasteiger partial charge in [0.25, 0.3) is 0 Å². The predicted molar refractivity (Wildman–Crippen MR) is 97.9 cm³/mol. The number of aliphatic hydroxyl groups is 2. The van der Waals surface area contributed by atoms with Crippen molar-refractivity contribution in [3.05, 3.63) is 24.3 Å². The lowest BCUT2D eigenvalue weighted by molar-refractivity contribution is -0.218. The first kappa shape index (κ1) is 19.3. The van der Waals surface area contributed by atoms with Crippen LogP contribution < -0.4 is 15.4 Å². The molecule has 0 amide bonds. The molecule has 0 unspecified atom stereocenters. The Balaban J connectivity index is 1.68. The average molecular weight is 384 g/mol. The number of nitrogens with one attached hydrogen (secondary N) is 2. The molecule has 5 atom stereocenters. The van der Waals surface area contributed by atoms with E-state index >= 15 is 0 Å². The third kappa shape index (κ3) is 4.08. The number of thiocarbonyl (C=S) groups is 1. The summed E-state index contributed by atoms with van der Waals surface area (Å²) in [5, 5.41) is 25.9. The lowest BCUT2D eigenvalue weighted by Crippen LogP contribution is -2.53. The molecule has 0 aliphatic carbocycles. The molecule has 4 N–H and O–H groups in total. The summed E-state index contributed by atoms with van der Waals surface area (Å²) in [6.45, 7) is 3.14. The number of benzene rings is 1. The largest absolute Gasteiger partial charge is 0.497 e. The van der Waals surface area contributed by atoms with Gasteiger partial charge in [-0.25, -0.2) is 0 Å². The molecular formula is C17H24N2O6S. The van der Waals surface area contributed by atoms with Crippen LogP contribution in [0.15, 0.2) is 24.3 Å². The number of rotatable bonds is 5. The quantitative estimate of drug-likeness (QED) is 0.543. The molecule has 1 aromatic rings. The van der Waals surface area contributed by atoms with Crippen LogP contribution >= 0.6 is 12.2 Å². The smallest absolute Gasteiger partial charge is 0.189 e. The lowest BCUT2D eigenvalue weighted by atomic mass is 10.0. The number of aliphatic hydroxyl groups excluding tert-OH is 2.